The number of anilines is 3. The van der Waals surface area contributed by atoms with Crippen molar-refractivity contribution >= 4 is 48.6 Å². The minimum Gasteiger partial charge on any atom is -0.456 e. The van der Waals surface area contributed by atoms with Crippen LogP contribution in [0.3, 0.4) is 0 Å². The molecule has 2 aliphatic rings. The first-order valence-corrected chi connectivity index (χ1v) is 18.6. The molecular weight excluding hydrogens is 639 g/mol. The standard InChI is InChI=1S/C48H37NOS/c1-47(2)38-16-10-8-14-35(38)36-24-23-34(29-41(36)47)49(32-12-6-5-7-13-32)33-21-18-30(19-22-33)31-20-25-39-42(28-31)50-46-40(48(39,3)4)26-27-44-45(46)37-15-9-11-17-43(37)51-44/h5-29H,1-4H3. The Balaban J connectivity index is 1.03. The van der Waals surface area contributed by atoms with Crippen LogP contribution in [0, 0.1) is 0 Å². The molecule has 0 amide bonds. The van der Waals surface area contributed by atoms with E-state index >= 15 is 0 Å². The van der Waals surface area contributed by atoms with Crippen molar-refractivity contribution in [3.63, 3.8) is 0 Å². The van der Waals surface area contributed by atoms with Crippen LogP contribution in [0.2, 0.25) is 0 Å². The van der Waals surface area contributed by atoms with E-state index in [0.29, 0.717) is 0 Å². The number of fused-ring (bicyclic) bond motifs is 9. The molecular formula is C48H37NOS. The molecule has 0 atom stereocenters. The van der Waals surface area contributed by atoms with Gasteiger partial charge in [-0.2, -0.15) is 0 Å². The smallest absolute Gasteiger partial charge is 0.140 e. The van der Waals surface area contributed by atoms with Crippen LogP contribution < -0.4 is 9.64 Å². The molecule has 246 valence electrons. The maximum absolute atomic E-state index is 6.91. The SMILES string of the molecule is CC1(C)c2ccccc2-c2ccc(N(c3ccccc3)c3ccc(-c4ccc5c(c4)Oc4c(ccc6sc7ccccc7c46)C5(C)C)cc3)cc21. The van der Waals surface area contributed by atoms with E-state index in [4.69, 9.17) is 4.74 Å². The largest absolute Gasteiger partial charge is 0.456 e. The Kier molecular flexibility index (Phi) is 6.47. The van der Waals surface area contributed by atoms with Crippen LogP contribution in [0.4, 0.5) is 17.1 Å². The molecule has 3 heteroatoms. The molecule has 1 aromatic heterocycles. The molecule has 0 saturated carbocycles. The van der Waals surface area contributed by atoms with Crippen molar-refractivity contribution in [2.45, 2.75) is 38.5 Å². The molecule has 0 spiro atoms. The first-order chi connectivity index (χ1) is 24.8. The zero-order chi connectivity index (χ0) is 34.5. The van der Waals surface area contributed by atoms with Crippen LogP contribution in [0.5, 0.6) is 11.5 Å². The van der Waals surface area contributed by atoms with E-state index in [2.05, 4.69) is 184 Å². The van der Waals surface area contributed by atoms with Gasteiger partial charge < -0.3 is 9.64 Å². The second-order valence-corrected chi connectivity index (χ2v) is 16.1. The number of nitrogens with zero attached hydrogens (tertiary/aromatic N) is 1. The number of hydrogen-bond donors (Lipinski definition) is 0. The molecule has 2 heterocycles. The molecule has 2 nitrogen and oxygen atoms in total. The topological polar surface area (TPSA) is 12.5 Å². The molecule has 0 saturated heterocycles. The van der Waals surface area contributed by atoms with Gasteiger partial charge in [0.2, 0.25) is 0 Å². The lowest BCUT2D eigenvalue weighted by Crippen LogP contribution is -2.24. The van der Waals surface area contributed by atoms with Gasteiger partial charge in [0.25, 0.3) is 0 Å². The monoisotopic (exact) mass is 675 g/mol. The average Bonchev–Trinajstić information content (AvgIpc) is 3.65. The van der Waals surface area contributed by atoms with Crippen LogP contribution in [0.15, 0.2) is 152 Å². The predicted molar refractivity (Wildman–Crippen MR) is 216 cm³/mol. The lowest BCUT2D eigenvalue weighted by atomic mass is 9.75. The van der Waals surface area contributed by atoms with Crippen LogP contribution in [0.25, 0.3) is 42.4 Å². The second kappa shape index (κ2) is 10.9. The third-order valence-electron chi connectivity index (χ3n) is 11.3. The van der Waals surface area contributed by atoms with E-state index in [9.17, 15) is 0 Å². The van der Waals surface area contributed by atoms with Gasteiger partial charge in [-0.1, -0.05) is 125 Å². The van der Waals surface area contributed by atoms with Gasteiger partial charge in [-0.3, -0.25) is 0 Å². The highest BCUT2D eigenvalue weighted by Gasteiger charge is 2.37. The summed E-state index contributed by atoms with van der Waals surface area (Å²) in [6.07, 6.45) is 0. The third kappa shape index (κ3) is 4.48. The Morgan fingerprint density at radius 3 is 1.96 bits per heavy atom. The minimum absolute atomic E-state index is 0.0694. The van der Waals surface area contributed by atoms with Gasteiger partial charge in [0.1, 0.15) is 11.5 Å². The van der Waals surface area contributed by atoms with Gasteiger partial charge in [-0.05, 0) is 88.0 Å². The van der Waals surface area contributed by atoms with Crippen molar-refractivity contribution in [2.75, 3.05) is 4.90 Å². The fraction of sp³-hybridized carbons (Fsp3) is 0.125. The lowest BCUT2D eigenvalue weighted by molar-refractivity contribution is 0.423. The van der Waals surface area contributed by atoms with Crippen molar-refractivity contribution in [3.8, 4) is 33.8 Å². The van der Waals surface area contributed by atoms with Crippen molar-refractivity contribution in [1.82, 2.24) is 0 Å². The molecule has 0 fully saturated rings. The summed E-state index contributed by atoms with van der Waals surface area (Å²) in [6.45, 7) is 9.32. The molecule has 8 aromatic rings. The molecule has 7 aromatic carbocycles. The number of para-hydroxylation sites is 1. The molecule has 1 aliphatic heterocycles. The number of hydrogen-bond acceptors (Lipinski definition) is 3. The van der Waals surface area contributed by atoms with Crippen molar-refractivity contribution in [2.24, 2.45) is 0 Å². The summed E-state index contributed by atoms with van der Waals surface area (Å²) in [4.78, 5) is 2.37. The highest BCUT2D eigenvalue weighted by Crippen LogP contribution is 2.54. The zero-order valence-corrected chi connectivity index (χ0v) is 30.0. The summed E-state index contributed by atoms with van der Waals surface area (Å²) in [6, 6.07) is 55.4. The fourth-order valence-corrected chi connectivity index (χ4v) is 9.70. The van der Waals surface area contributed by atoms with Gasteiger partial charge in [-0.25, -0.2) is 0 Å². The van der Waals surface area contributed by atoms with Gasteiger partial charge >= 0.3 is 0 Å². The average molecular weight is 676 g/mol. The van der Waals surface area contributed by atoms with Gasteiger partial charge in [0.15, 0.2) is 0 Å². The molecule has 1 aliphatic carbocycles. The number of benzene rings is 7. The maximum Gasteiger partial charge on any atom is 0.140 e. The molecule has 0 unspecified atom stereocenters. The summed E-state index contributed by atoms with van der Waals surface area (Å²) in [5, 5.41) is 2.49. The maximum atomic E-state index is 6.91. The van der Waals surface area contributed by atoms with E-state index < -0.39 is 0 Å². The Hall–Kier alpha value is -5.64. The molecule has 51 heavy (non-hydrogen) atoms. The van der Waals surface area contributed by atoms with Gasteiger partial charge in [0, 0.05) is 59.2 Å². The summed E-state index contributed by atoms with van der Waals surface area (Å²) in [5.74, 6) is 1.93. The zero-order valence-electron chi connectivity index (χ0n) is 29.2. The molecule has 0 radical (unpaired) electrons. The Morgan fingerprint density at radius 2 is 1.12 bits per heavy atom. The first-order valence-electron chi connectivity index (χ1n) is 17.8. The quantitative estimate of drug-likeness (QED) is 0.184. The number of thiophene rings is 1. The van der Waals surface area contributed by atoms with Crippen LogP contribution in [0.1, 0.15) is 49.9 Å². The number of rotatable bonds is 4. The number of ether oxygens (including phenoxy) is 1. The fourth-order valence-electron chi connectivity index (χ4n) is 8.60. The summed E-state index contributed by atoms with van der Waals surface area (Å²) >= 11 is 1.83. The summed E-state index contributed by atoms with van der Waals surface area (Å²) < 4.78 is 9.46. The van der Waals surface area contributed by atoms with E-state index in [1.165, 1.54) is 53.6 Å². The summed E-state index contributed by atoms with van der Waals surface area (Å²) in [5.41, 5.74) is 13.3. The van der Waals surface area contributed by atoms with E-state index in [1.54, 1.807) is 0 Å². The van der Waals surface area contributed by atoms with Crippen LogP contribution in [-0.4, -0.2) is 0 Å². The predicted octanol–water partition coefficient (Wildman–Crippen LogP) is 13.9. The van der Waals surface area contributed by atoms with Crippen molar-refractivity contribution in [3.05, 3.63) is 174 Å². The molecule has 10 rings (SSSR count). The first kappa shape index (κ1) is 30.2. The molecule has 0 N–H and O–H groups in total. The van der Waals surface area contributed by atoms with E-state index in [0.717, 1.165) is 39.7 Å². The van der Waals surface area contributed by atoms with Gasteiger partial charge in [-0.15, -0.1) is 11.3 Å². The highest BCUT2D eigenvalue weighted by atomic mass is 32.1. The Labute approximate surface area is 303 Å². The van der Waals surface area contributed by atoms with Crippen LogP contribution >= 0.6 is 11.3 Å². The minimum atomic E-state index is -0.190. The molecule has 0 bridgehead atoms. The normalized spacial score (nSPS) is 14.7. The Bertz CT molecular complexity index is 2660. The van der Waals surface area contributed by atoms with E-state index in [1.807, 2.05) is 11.3 Å². The lowest BCUT2D eigenvalue weighted by Gasteiger charge is -2.35. The Morgan fingerprint density at radius 1 is 0.471 bits per heavy atom. The second-order valence-electron chi connectivity index (χ2n) is 15.0. The highest BCUT2D eigenvalue weighted by molar-refractivity contribution is 7.25. The van der Waals surface area contributed by atoms with Gasteiger partial charge in [0.05, 0.1) is 0 Å². The van der Waals surface area contributed by atoms with E-state index in [-0.39, 0.29) is 10.8 Å². The third-order valence-corrected chi connectivity index (χ3v) is 12.5. The van der Waals surface area contributed by atoms with Crippen molar-refractivity contribution < 1.29 is 4.74 Å². The van der Waals surface area contributed by atoms with Crippen molar-refractivity contribution in [1.29, 1.82) is 0 Å². The van der Waals surface area contributed by atoms with Crippen LogP contribution in [-0.2, 0) is 10.8 Å². The summed E-state index contributed by atoms with van der Waals surface area (Å²) in [7, 11) is 0.